The van der Waals surface area contributed by atoms with Gasteiger partial charge in [0.2, 0.25) is 0 Å². The fraction of sp³-hybridized carbons (Fsp3) is 0.143. The Kier molecular flexibility index (Phi) is 5.26. The Morgan fingerprint density at radius 3 is 2.59 bits per heavy atom. The van der Waals surface area contributed by atoms with E-state index in [1.165, 1.54) is 35.6 Å². The zero-order chi connectivity index (χ0) is 20.4. The summed E-state index contributed by atoms with van der Waals surface area (Å²) in [5.41, 5.74) is 2.49. The van der Waals surface area contributed by atoms with Crippen molar-refractivity contribution in [1.29, 1.82) is 0 Å². The fourth-order valence-corrected chi connectivity index (χ4v) is 4.06. The highest BCUT2D eigenvalue weighted by Gasteiger charge is 2.17. The molecule has 0 atom stereocenters. The van der Waals surface area contributed by atoms with Gasteiger partial charge in [-0.2, -0.15) is 13.9 Å². The minimum Gasteiger partial charge on any atom is -0.435 e. The number of carbonyl (C=O) groups excluding carboxylic acids is 1. The maximum Gasteiger partial charge on any atom is 0.387 e. The summed E-state index contributed by atoms with van der Waals surface area (Å²) in [6.07, 6.45) is 0. The lowest BCUT2D eigenvalue weighted by Crippen LogP contribution is -2.10. The number of nitrogens with zero attached hydrogens (tertiary/aromatic N) is 2. The summed E-state index contributed by atoms with van der Waals surface area (Å²) in [7, 11) is 0. The third-order valence-corrected chi connectivity index (χ3v) is 5.49. The van der Waals surface area contributed by atoms with Gasteiger partial charge in [0, 0.05) is 11.1 Å². The third kappa shape index (κ3) is 4.27. The number of alkyl halides is 2. The predicted molar refractivity (Wildman–Crippen MR) is 109 cm³/mol. The molecule has 0 saturated carbocycles. The largest absolute Gasteiger partial charge is 0.435 e. The van der Waals surface area contributed by atoms with Gasteiger partial charge in [0.05, 0.1) is 17.1 Å². The first-order valence-electron chi connectivity index (χ1n) is 8.87. The van der Waals surface area contributed by atoms with Crippen molar-refractivity contribution in [3.8, 4) is 5.75 Å². The van der Waals surface area contributed by atoms with E-state index in [1.54, 1.807) is 0 Å². The zero-order valence-corrected chi connectivity index (χ0v) is 16.2. The maximum absolute atomic E-state index is 12.6. The van der Waals surface area contributed by atoms with E-state index < -0.39 is 6.61 Å². The van der Waals surface area contributed by atoms with Crippen molar-refractivity contribution in [2.75, 3.05) is 5.32 Å². The first-order chi connectivity index (χ1) is 14.0. The van der Waals surface area contributed by atoms with E-state index in [9.17, 15) is 13.6 Å². The number of nitrogens with one attached hydrogen (secondary N) is 1. The number of carbonyl (C=O) groups is 1. The molecule has 1 amide bonds. The molecule has 0 unspecified atom stereocenters. The van der Waals surface area contributed by atoms with E-state index in [2.05, 4.69) is 15.2 Å². The van der Waals surface area contributed by atoms with Crippen molar-refractivity contribution in [1.82, 2.24) is 9.78 Å². The van der Waals surface area contributed by atoms with Crippen LogP contribution >= 0.6 is 11.3 Å². The molecule has 2 heterocycles. The highest BCUT2D eigenvalue weighted by atomic mass is 32.1. The van der Waals surface area contributed by atoms with E-state index in [4.69, 9.17) is 0 Å². The van der Waals surface area contributed by atoms with Gasteiger partial charge in [-0.05, 0) is 42.8 Å². The van der Waals surface area contributed by atoms with Crippen LogP contribution in [0.2, 0.25) is 0 Å². The van der Waals surface area contributed by atoms with Gasteiger partial charge in [0.1, 0.15) is 10.6 Å². The summed E-state index contributed by atoms with van der Waals surface area (Å²) in [6.45, 7) is -0.342. The van der Waals surface area contributed by atoms with Gasteiger partial charge in [-0.15, -0.1) is 11.3 Å². The summed E-state index contributed by atoms with van der Waals surface area (Å²) in [4.78, 5) is 14.1. The maximum atomic E-state index is 12.6. The third-order valence-electron chi connectivity index (χ3n) is 4.34. The number of aromatic nitrogens is 2. The number of halogens is 2. The zero-order valence-electron chi connectivity index (χ0n) is 15.4. The number of fused-ring (bicyclic) bond motifs is 1. The monoisotopic (exact) mass is 413 g/mol. The standard InChI is InChI=1S/C21H17F2N3O2S/c1-13-17-11-18(19(27)24-15-7-9-16(10-8-15)28-21(22)23)29-20(17)26(25-13)12-14-5-3-2-4-6-14/h2-11,21H,12H2,1H3,(H,24,27). The lowest BCUT2D eigenvalue weighted by molar-refractivity contribution is -0.0498. The van der Waals surface area contributed by atoms with E-state index >= 15 is 0 Å². The van der Waals surface area contributed by atoms with E-state index in [0.29, 0.717) is 17.1 Å². The number of benzene rings is 2. The fourth-order valence-electron chi connectivity index (χ4n) is 3.00. The number of ether oxygens (including phenoxy) is 1. The predicted octanol–water partition coefficient (Wildman–Crippen LogP) is 5.31. The second-order valence-corrected chi connectivity index (χ2v) is 7.45. The average molecular weight is 413 g/mol. The normalized spacial score (nSPS) is 11.2. The molecule has 0 aliphatic rings. The Hall–Kier alpha value is -3.26. The van der Waals surface area contributed by atoms with Crippen LogP contribution in [0.3, 0.4) is 0 Å². The Morgan fingerprint density at radius 1 is 1.17 bits per heavy atom. The molecule has 8 heteroatoms. The van der Waals surface area contributed by atoms with Crippen molar-refractivity contribution in [2.45, 2.75) is 20.1 Å². The molecule has 148 valence electrons. The van der Waals surface area contributed by atoms with Crippen LogP contribution in [0.1, 0.15) is 20.9 Å². The average Bonchev–Trinajstić information content (AvgIpc) is 3.25. The number of aryl methyl sites for hydroxylation is 1. The van der Waals surface area contributed by atoms with Crippen LogP contribution in [0, 0.1) is 6.92 Å². The Labute approximate surface area is 169 Å². The molecule has 0 fully saturated rings. The minimum atomic E-state index is -2.88. The van der Waals surface area contributed by atoms with Gasteiger partial charge < -0.3 is 10.1 Å². The van der Waals surface area contributed by atoms with Crippen molar-refractivity contribution < 1.29 is 18.3 Å². The number of hydrogen-bond acceptors (Lipinski definition) is 4. The van der Waals surface area contributed by atoms with Crippen molar-refractivity contribution >= 4 is 33.1 Å². The topological polar surface area (TPSA) is 56.2 Å². The SMILES string of the molecule is Cc1nn(Cc2ccccc2)c2sc(C(=O)Nc3ccc(OC(F)F)cc3)cc12. The van der Waals surface area contributed by atoms with Gasteiger partial charge in [0.25, 0.3) is 5.91 Å². The second-order valence-electron chi connectivity index (χ2n) is 6.42. The van der Waals surface area contributed by atoms with Crippen LogP contribution in [0.25, 0.3) is 10.2 Å². The van der Waals surface area contributed by atoms with Crippen molar-refractivity contribution in [2.24, 2.45) is 0 Å². The molecule has 1 N–H and O–H groups in total. The quantitative estimate of drug-likeness (QED) is 0.466. The highest BCUT2D eigenvalue weighted by Crippen LogP contribution is 2.29. The van der Waals surface area contributed by atoms with E-state index in [1.807, 2.05) is 48.0 Å². The van der Waals surface area contributed by atoms with Gasteiger partial charge in [-0.25, -0.2) is 0 Å². The first-order valence-corrected chi connectivity index (χ1v) is 9.68. The van der Waals surface area contributed by atoms with E-state index in [-0.39, 0.29) is 11.7 Å². The molecule has 0 bridgehead atoms. The minimum absolute atomic E-state index is 0.0384. The smallest absolute Gasteiger partial charge is 0.387 e. The summed E-state index contributed by atoms with van der Waals surface area (Å²) >= 11 is 1.37. The van der Waals surface area contributed by atoms with Crippen molar-refractivity contribution in [3.63, 3.8) is 0 Å². The van der Waals surface area contributed by atoms with Crippen LogP contribution in [0.5, 0.6) is 5.75 Å². The molecule has 0 saturated heterocycles. The Bertz CT molecular complexity index is 1140. The number of amides is 1. The van der Waals surface area contributed by atoms with Gasteiger partial charge in [-0.3, -0.25) is 9.48 Å². The second kappa shape index (κ2) is 8.00. The number of hydrogen-bond donors (Lipinski definition) is 1. The summed E-state index contributed by atoms with van der Waals surface area (Å²) in [5, 5.41) is 8.30. The lowest BCUT2D eigenvalue weighted by atomic mass is 10.2. The molecule has 4 rings (SSSR count). The van der Waals surface area contributed by atoms with Crippen molar-refractivity contribution in [3.05, 3.63) is 76.8 Å². The summed E-state index contributed by atoms with van der Waals surface area (Å²) in [5.74, 6) is -0.226. The molecule has 29 heavy (non-hydrogen) atoms. The van der Waals surface area contributed by atoms with Crippen LogP contribution < -0.4 is 10.1 Å². The highest BCUT2D eigenvalue weighted by molar-refractivity contribution is 7.20. The lowest BCUT2D eigenvalue weighted by Gasteiger charge is -2.06. The Morgan fingerprint density at radius 2 is 1.90 bits per heavy atom. The molecule has 2 aromatic carbocycles. The van der Waals surface area contributed by atoms with Gasteiger partial charge in [-0.1, -0.05) is 30.3 Å². The summed E-state index contributed by atoms with van der Waals surface area (Å²) < 4.78 is 30.7. The molecule has 0 aliphatic carbocycles. The van der Waals surface area contributed by atoms with Crippen LogP contribution in [0.4, 0.5) is 14.5 Å². The molecule has 0 radical (unpaired) electrons. The molecule has 4 aromatic rings. The molecular weight excluding hydrogens is 396 g/mol. The van der Waals surface area contributed by atoms with Crippen LogP contribution in [-0.2, 0) is 6.54 Å². The molecule has 0 aliphatic heterocycles. The van der Waals surface area contributed by atoms with Gasteiger partial charge >= 0.3 is 6.61 Å². The number of thiophene rings is 1. The Balaban J connectivity index is 1.53. The first kappa shape index (κ1) is 19.1. The molecule has 0 spiro atoms. The molecular formula is C21H17F2N3O2S. The van der Waals surface area contributed by atoms with Crippen LogP contribution in [0.15, 0.2) is 60.7 Å². The van der Waals surface area contributed by atoms with Gasteiger partial charge in [0.15, 0.2) is 0 Å². The summed E-state index contributed by atoms with van der Waals surface area (Å²) in [6, 6.07) is 17.6. The molecule has 5 nitrogen and oxygen atoms in total. The number of anilines is 1. The van der Waals surface area contributed by atoms with E-state index in [0.717, 1.165) is 21.5 Å². The number of rotatable bonds is 6. The molecule has 2 aromatic heterocycles. The van der Waals surface area contributed by atoms with Crippen LogP contribution in [-0.4, -0.2) is 22.3 Å².